The number of para-hydroxylation sites is 1. The minimum atomic E-state index is -1.10. The highest BCUT2D eigenvalue weighted by atomic mass is 16.5. The summed E-state index contributed by atoms with van der Waals surface area (Å²) in [5.41, 5.74) is 0.624. The van der Waals surface area contributed by atoms with Crippen LogP contribution >= 0.6 is 0 Å². The standard InChI is InChI=1S/C13H17NO6/c1-8(13(17)18)14-6-9-4-3-5-10(19-2)12(9)20-7-11(15)16/h3-5,8,14H,6-7H2,1-2H3,(H,15,16)(H,17,18)/t8-/m0/s1. The van der Waals surface area contributed by atoms with Crippen molar-refractivity contribution < 1.29 is 29.3 Å². The number of hydrogen-bond acceptors (Lipinski definition) is 5. The van der Waals surface area contributed by atoms with Gasteiger partial charge in [-0.25, -0.2) is 4.79 Å². The van der Waals surface area contributed by atoms with Gasteiger partial charge in [-0.1, -0.05) is 12.1 Å². The Hall–Kier alpha value is -2.28. The second kappa shape index (κ2) is 7.34. The van der Waals surface area contributed by atoms with Crippen LogP contribution in [0.3, 0.4) is 0 Å². The SMILES string of the molecule is COc1cccc(CN[C@@H](C)C(=O)O)c1OCC(=O)O. The predicted octanol–water partition coefficient (Wildman–Crippen LogP) is 0.721. The zero-order chi connectivity index (χ0) is 15.1. The highest BCUT2D eigenvalue weighted by Crippen LogP contribution is 2.31. The summed E-state index contributed by atoms with van der Waals surface area (Å²) < 4.78 is 10.3. The minimum Gasteiger partial charge on any atom is -0.493 e. The van der Waals surface area contributed by atoms with Gasteiger partial charge in [0.2, 0.25) is 0 Å². The highest BCUT2D eigenvalue weighted by Gasteiger charge is 2.15. The lowest BCUT2D eigenvalue weighted by Gasteiger charge is -2.15. The predicted molar refractivity (Wildman–Crippen MR) is 70.1 cm³/mol. The summed E-state index contributed by atoms with van der Waals surface area (Å²) in [6, 6.07) is 4.34. The van der Waals surface area contributed by atoms with Crippen molar-refractivity contribution in [3.8, 4) is 11.5 Å². The number of methoxy groups -OCH3 is 1. The maximum absolute atomic E-state index is 10.7. The molecule has 1 aromatic rings. The van der Waals surface area contributed by atoms with Crippen molar-refractivity contribution in [3.63, 3.8) is 0 Å². The average Bonchev–Trinajstić information content (AvgIpc) is 2.42. The van der Waals surface area contributed by atoms with Crippen LogP contribution in [0.15, 0.2) is 18.2 Å². The van der Waals surface area contributed by atoms with Gasteiger partial charge in [0.25, 0.3) is 0 Å². The van der Waals surface area contributed by atoms with Crippen LogP contribution in [0.1, 0.15) is 12.5 Å². The molecule has 0 amide bonds. The summed E-state index contributed by atoms with van der Waals surface area (Å²) >= 11 is 0. The lowest BCUT2D eigenvalue weighted by atomic mass is 10.1. The Labute approximate surface area is 116 Å². The van der Waals surface area contributed by atoms with Crippen LogP contribution in [0.25, 0.3) is 0 Å². The second-order valence-corrected chi connectivity index (χ2v) is 4.07. The maximum atomic E-state index is 10.7. The molecular formula is C13H17NO6. The number of rotatable bonds is 8. The smallest absolute Gasteiger partial charge is 0.341 e. The fourth-order valence-electron chi connectivity index (χ4n) is 1.51. The maximum Gasteiger partial charge on any atom is 0.341 e. The van der Waals surface area contributed by atoms with E-state index in [4.69, 9.17) is 19.7 Å². The van der Waals surface area contributed by atoms with E-state index in [1.165, 1.54) is 14.0 Å². The van der Waals surface area contributed by atoms with E-state index in [1.54, 1.807) is 18.2 Å². The molecule has 0 bridgehead atoms. The summed E-state index contributed by atoms with van der Waals surface area (Å²) in [6.07, 6.45) is 0. The van der Waals surface area contributed by atoms with Crippen LogP contribution in [0.2, 0.25) is 0 Å². The third-order valence-electron chi connectivity index (χ3n) is 2.59. The lowest BCUT2D eigenvalue weighted by Crippen LogP contribution is -2.33. The first-order valence-corrected chi connectivity index (χ1v) is 5.92. The number of aliphatic carboxylic acids is 2. The van der Waals surface area contributed by atoms with Gasteiger partial charge in [0, 0.05) is 12.1 Å². The second-order valence-electron chi connectivity index (χ2n) is 4.07. The number of carbonyl (C=O) groups is 2. The summed E-state index contributed by atoms with van der Waals surface area (Å²) in [5, 5.41) is 20.3. The monoisotopic (exact) mass is 283 g/mol. The van der Waals surface area contributed by atoms with Crippen LogP contribution in [0.4, 0.5) is 0 Å². The van der Waals surface area contributed by atoms with E-state index >= 15 is 0 Å². The van der Waals surface area contributed by atoms with E-state index in [0.29, 0.717) is 17.1 Å². The van der Waals surface area contributed by atoms with Crippen LogP contribution < -0.4 is 14.8 Å². The lowest BCUT2D eigenvalue weighted by molar-refractivity contribution is -0.140. The molecule has 1 rings (SSSR count). The first kappa shape index (κ1) is 15.8. The Balaban J connectivity index is 2.87. The van der Waals surface area contributed by atoms with Gasteiger partial charge in [-0.15, -0.1) is 0 Å². The molecular weight excluding hydrogens is 266 g/mol. The largest absolute Gasteiger partial charge is 0.493 e. The fraction of sp³-hybridized carbons (Fsp3) is 0.385. The number of carboxylic acids is 2. The Morgan fingerprint density at radius 2 is 2.05 bits per heavy atom. The molecule has 0 spiro atoms. The number of carboxylic acid groups (broad SMARTS) is 2. The van der Waals surface area contributed by atoms with Gasteiger partial charge in [-0.3, -0.25) is 4.79 Å². The van der Waals surface area contributed by atoms with Crippen molar-refractivity contribution in [2.45, 2.75) is 19.5 Å². The first-order chi connectivity index (χ1) is 9.45. The highest BCUT2D eigenvalue weighted by molar-refractivity contribution is 5.72. The Kier molecular flexibility index (Phi) is 5.79. The molecule has 0 heterocycles. The van der Waals surface area contributed by atoms with Crippen LogP contribution in [-0.4, -0.2) is 41.9 Å². The van der Waals surface area contributed by atoms with Crippen molar-refractivity contribution in [2.75, 3.05) is 13.7 Å². The van der Waals surface area contributed by atoms with Crippen LogP contribution in [0.5, 0.6) is 11.5 Å². The van der Waals surface area contributed by atoms with Gasteiger partial charge < -0.3 is 25.0 Å². The van der Waals surface area contributed by atoms with E-state index in [2.05, 4.69) is 5.32 Å². The quantitative estimate of drug-likeness (QED) is 0.645. The molecule has 0 radical (unpaired) electrons. The van der Waals surface area contributed by atoms with E-state index in [0.717, 1.165) is 0 Å². The molecule has 0 fully saturated rings. The molecule has 0 aromatic heterocycles. The third kappa shape index (κ3) is 4.43. The van der Waals surface area contributed by atoms with Gasteiger partial charge in [0.05, 0.1) is 7.11 Å². The van der Waals surface area contributed by atoms with E-state index < -0.39 is 24.6 Å². The third-order valence-corrected chi connectivity index (χ3v) is 2.59. The number of ether oxygens (including phenoxy) is 2. The zero-order valence-corrected chi connectivity index (χ0v) is 11.3. The van der Waals surface area contributed by atoms with E-state index in [-0.39, 0.29) is 6.54 Å². The molecule has 7 nitrogen and oxygen atoms in total. The van der Waals surface area contributed by atoms with Crippen molar-refractivity contribution in [2.24, 2.45) is 0 Å². The van der Waals surface area contributed by atoms with Gasteiger partial charge >= 0.3 is 11.9 Å². The normalized spacial score (nSPS) is 11.7. The molecule has 0 aliphatic carbocycles. The van der Waals surface area contributed by atoms with Gasteiger partial charge in [-0.05, 0) is 13.0 Å². The molecule has 7 heteroatoms. The van der Waals surface area contributed by atoms with Gasteiger partial charge in [0.15, 0.2) is 18.1 Å². The minimum absolute atomic E-state index is 0.222. The Bertz CT molecular complexity index is 488. The first-order valence-electron chi connectivity index (χ1n) is 5.92. The van der Waals surface area contributed by atoms with Crippen LogP contribution in [-0.2, 0) is 16.1 Å². The van der Waals surface area contributed by atoms with E-state index in [1.807, 2.05) is 0 Å². The Morgan fingerprint density at radius 3 is 2.60 bits per heavy atom. The molecule has 0 aliphatic rings. The number of nitrogens with one attached hydrogen (secondary N) is 1. The van der Waals surface area contributed by atoms with E-state index in [9.17, 15) is 9.59 Å². The molecule has 0 saturated carbocycles. The summed E-state index contributed by atoms with van der Waals surface area (Å²) in [7, 11) is 1.44. The molecule has 110 valence electrons. The Morgan fingerprint density at radius 1 is 1.35 bits per heavy atom. The molecule has 0 aliphatic heterocycles. The van der Waals surface area contributed by atoms with Crippen molar-refractivity contribution in [3.05, 3.63) is 23.8 Å². The van der Waals surface area contributed by atoms with Crippen LogP contribution in [0, 0.1) is 0 Å². The molecule has 3 N–H and O–H groups in total. The molecule has 20 heavy (non-hydrogen) atoms. The average molecular weight is 283 g/mol. The topological polar surface area (TPSA) is 105 Å². The summed E-state index contributed by atoms with van der Waals surface area (Å²) in [6.45, 7) is 1.24. The van der Waals surface area contributed by atoms with Crippen molar-refractivity contribution in [1.29, 1.82) is 0 Å². The fourth-order valence-corrected chi connectivity index (χ4v) is 1.51. The van der Waals surface area contributed by atoms with Crippen molar-refractivity contribution >= 4 is 11.9 Å². The van der Waals surface area contributed by atoms with Crippen molar-refractivity contribution in [1.82, 2.24) is 5.32 Å². The summed E-state index contributed by atoms with van der Waals surface area (Å²) in [5.74, 6) is -1.38. The molecule has 0 unspecified atom stereocenters. The molecule has 0 saturated heterocycles. The van der Waals surface area contributed by atoms with Gasteiger partial charge in [-0.2, -0.15) is 0 Å². The zero-order valence-electron chi connectivity index (χ0n) is 11.3. The number of benzene rings is 1. The number of hydrogen-bond donors (Lipinski definition) is 3. The molecule has 1 aromatic carbocycles. The summed E-state index contributed by atoms with van der Waals surface area (Å²) in [4.78, 5) is 21.3. The van der Waals surface area contributed by atoms with Gasteiger partial charge in [0.1, 0.15) is 6.04 Å². The molecule has 1 atom stereocenters.